The van der Waals surface area contributed by atoms with Crippen molar-refractivity contribution in [2.24, 2.45) is 33.0 Å². The Morgan fingerprint density at radius 2 is 1.85 bits per heavy atom. The molecule has 4 fully saturated rings. The van der Waals surface area contributed by atoms with Gasteiger partial charge in [0.1, 0.15) is 0 Å². The quantitative estimate of drug-likeness (QED) is 0.494. The van der Waals surface area contributed by atoms with Crippen molar-refractivity contribution in [3.8, 4) is 0 Å². The van der Waals surface area contributed by atoms with E-state index in [0.717, 1.165) is 17.9 Å². The first kappa shape index (κ1) is 18.2. The van der Waals surface area contributed by atoms with Crippen molar-refractivity contribution in [3.63, 3.8) is 0 Å². The van der Waals surface area contributed by atoms with Gasteiger partial charge in [-0.3, -0.25) is 4.79 Å². The number of hydrogen-bond donors (Lipinski definition) is 1. The van der Waals surface area contributed by atoms with E-state index in [2.05, 4.69) is 59.1 Å². The van der Waals surface area contributed by atoms with Gasteiger partial charge in [0.25, 0.3) is 0 Å². The Morgan fingerprint density at radius 1 is 1.11 bits per heavy atom. The van der Waals surface area contributed by atoms with E-state index in [1.807, 2.05) is 0 Å². The molecule has 148 valence electrons. The van der Waals surface area contributed by atoms with Gasteiger partial charge in [-0.05, 0) is 80.2 Å². The van der Waals surface area contributed by atoms with Gasteiger partial charge in [-0.15, -0.1) is 0 Å². The Hall–Kier alpha value is -0.890. The molecule has 27 heavy (non-hydrogen) atoms. The lowest BCUT2D eigenvalue weighted by Gasteiger charge is -2.59. The second-order valence-electron chi connectivity index (χ2n) is 11.5. The van der Waals surface area contributed by atoms with Crippen LogP contribution < -0.4 is 5.32 Å². The van der Waals surface area contributed by atoms with Crippen LogP contribution in [0, 0.1) is 33.0 Å². The van der Waals surface area contributed by atoms with Crippen molar-refractivity contribution in [1.29, 1.82) is 0 Å². The fourth-order valence-corrected chi connectivity index (χ4v) is 9.21. The van der Waals surface area contributed by atoms with Crippen LogP contribution >= 0.6 is 0 Å². The summed E-state index contributed by atoms with van der Waals surface area (Å²) in [6, 6.07) is 0.632. The molecule has 2 nitrogen and oxygen atoms in total. The standard InChI is InChI=1S/C25H37NO/c1-7-16-17(27)14-23(5)19-9-8-18-21(2,3)20(26-6)10-11-24(18)15-25(19,24)13-12-22(16,23)4/h7,9,18,20,26H,8,10-15H2,1-6H3/b16-7+/t18-,20-,22+,23-,24+,25-/m0/s1. The summed E-state index contributed by atoms with van der Waals surface area (Å²) in [7, 11) is 2.15. The summed E-state index contributed by atoms with van der Waals surface area (Å²) in [4.78, 5) is 12.9. The molecule has 0 unspecified atom stereocenters. The topological polar surface area (TPSA) is 29.1 Å². The van der Waals surface area contributed by atoms with Crippen LogP contribution in [-0.2, 0) is 4.79 Å². The Morgan fingerprint density at radius 3 is 2.52 bits per heavy atom. The van der Waals surface area contributed by atoms with Crippen molar-refractivity contribution in [2.75, 3.05) is 7.05 Å². The van der Waals surface area contributed by atoms with Crippen LogP contribution in [-0.4, -0.2) is 18.9 Å². The number of fused-ring (bicyclic) bond motifs is 2. The average Bonchev–Trinajstić information content (AvgIpc) is 3.21. The molecule has 0 aromatic rings. The summed E-state index contributed by atoms with van der Waals surface area (Å²) < 4.78 is 0. The van der Waals surface area contributed by atoms with Gasteiger partial charge >= 0.3 is 0 Å². The molecule has 5 rings (SSSR count). The van der Waals surface area contributed by atoms with E-state index in [9.17, 15) is 4.79 Å². The monoisotopic (exact) mass is 367 g/mol. The summed E-state index contributed by atoms with van der Waals surface area (Å²) in [6.07, 6.45) is 13.3. The molecule has 0 aliphatic heterocycles. The molecular formula is C25H37NO. The molecule has 0 aromatic carbocycles. The Balaban J connectivity index is 1.62. The van der Waals surface area contributed by atoms with Gasteiger partial charge < -0.3 is 5.32 Å². The highest BCUT2D eigenvalue weighted by Gasteiger charge is 2.80. The zero-order valence-corrected chi connectivity index (χ0v) is 18.2. The molecule has 1 N–H and O–H groups in total. The summed E-state index contributed by atoms with van der Waals surface area (Å²) in [5.41, 5.74) is 4.18. The second-order valence-corrected chi connectivity index (χ2v) is 11.5. The first-order chi connectivity index (χ1) is 12.6. The molecule has 2 heteroatoms. The first-order valence-corrected chi connectivity index (χ1v) is 11.2. The average molecular weight is 368 g/mol. The third-order valence-electron chi connectivity index (χ3n) is 10.8. The number of ketones is 1. The maximum Gasteiger partial charge on any atom is 0.160 e. The fraction of sp³-hybridized carbons (Fsp3) is 0.800. The maximum absolute atomic E-state index is 12.9. The van der Waals surface area contributed by atoms with Gasteiger partial charge in [-0.2, -0.15) is 0 Å². The van der Waals surface area contributed by atoms with Crippen LogP contribution in [0.15, 0.2) is 23.3 Å². The molecule has 0 bridgehead atoms. The zero-order chi connectivity index (χ0) is 19.5. The minimum atomic E-state index is 0.0443. The van der Waals surface area contributed by atoms with Crippen LogP contribution in [0.3, 0.4) is 0 Å². The normalized spacial score (nSPS) is 53.9. The van der Waals surface area contributed by atoms with Crippen LogP contribution in [0.5, 0.6) is 0 Å². The number of rotatable bonds is 1. The summed E-state index contributed by atoms with van der Waals surface area (Å²) in [5.74, 6) is 1.20. The number of carbonyl (C=O) groups is 1. The van der Waals surface area contributed by atoms with Crippen LogP contribution in [0.4, 0.5) is 0 Å². The number of nitrogens with one attached hydrogen (secondary N) is 1. The van der Waals surface area contributed by atoms with Gasteiger partial charge in [0.15, 0.2) is 5.78 Å². The van der Waals surface area contributed by atoms with Crippen molar-refractivity contribution in [1.82, 2.24) is 5.32 Å². The highest BCUT2D eigenvalue weighted by atomic mass is 16.1. The van der Waals surface area contributed by atoms with E-state index in [1.54, 1.807) is 5.57 Å². The molecule has 2 spiro atoms. The van der Waals surface area contributed by atoms with Gasteiger partial charge in [0.05, 0.1) is 0 Å². The number of allylic oxidation sites excluding steroid dienone is 4. The van der Waals surface area contributed by atoms with Crippen LogP contribution in [0.25, 0.3) is 0 Å². The van der Waals surface area contributed by atoms with Crippen molar-refractivity contribution >= 4 is 5.78 Å². The SMILES string of the molecule is C/C=C1\C(=O)C[C@@]2(C)C3=CC[C@H]4C(C)(C)[C@@H](NC)CC[C@@]45C[C@@]35CC[C@]12C. The summed E-state index contributed by atoms with van der Waals surface area (Å²) in [5, 5.41) is 3.63. The number of carbonyl (C=O) groups excluding carboxylic acids is 1. The molecule has 5 aliphatic rings. The molecule has 6 atom stereocenters. The van der Waals surface area contributed by atoms with Gasteiger partial charge in [0.2, 0.25) is 0 Å². The van der Waals surface area contributed by atoms with E-state index in [4.69, 9.17) is 0 Å². The highest BCUT2D eigenvalue weighted by molar-refractivity contribution is 6.01. The second kappa shape index (κ2) is 4.99. The van der Waals surface area contributed by atoms with E-state index < -0.39 is 0 Å². The Bertz CT molecular complexity index is 790. The predicted molar refractivity (Wildman–Crippen MR) is 110 cm³/mol. The maximum atomic E-state index is 12.9. The molecule has 5 aliphatic carbocycles. The zero-order valence-electron chi connectivity index (χ0n) is 18.2. The molecule has 0 radical (unpaired) electrons. The van der Waals surface area contributed by atoms with Crippen molar-refractivity contribution < 1.29 is 4.79 Å². The lowest BCUT2D eigenvalue weighted by atomic mass is 9.46. The third kappa shape index (κ3) is 1.73. The molecule has 0 aromatic heterocycles. The number of Topliss-reactive ketones (excluding diaryl/α,β-unsaturated/α-hetero) is 1. The molecule has 4 saturated carbocycles. The van der Waals surface area contributed by atoms with E-state index in [0.29, 0.717) is 28.1 Å². The molecular weight excluding hydrogens is 330 g/mol. The highest BCUT2D eigenvalue weighted by Crippen LogP contribution is 2.87. The molecule has 0 amide bonds. The van der Waals surface area contributed by atoms with E-state index >= 15 is 0 Å². The smallest absolute Gasteiger partial charge is 0.160 e. The number of hydrogen-bond acceptors (Lipinski definition) is 2. The van der Waals surface area contributed by atoms with Crippen LogP contribution in [0.2, 0.25) is 0 Å². The minimum Gasteiger partial charge on any atom is -0.316 e. The van der Waals surface area contributed by atoms with E-state index in [1.165, 1.54) is 38.5 Å². The Labute approximate surface area is 165 Å². The first-order valence-electron chi connectivity index (χ1n) is 11.2. The lowest BCUT2D eigenvalue weighted by molar-refractivity contribution is -0.115. The summed E-state index contributed by atoms with van der Waals surface area (Å²) in [6.45, 7) is 11.9. The largest absolute Gasteiger partial charge is 0.316 e. The fourth-order valence-electron chi connectivity index (χ4n) is 9.21. The van der Waals surface area contributed by atoms with Gasteiger partial charge in [-0.1, -0.05) is 45.4 Å². The molecule has 0 heterocycles. The van der Waals surface area contributed by atoms with Crippen molar-refractivity contribution in [3.05, 3.63) is 23.3 Å². The van der Waals surface area contributed by atoms with E-state index in [-0.39, 0.29) is 10.8 Å². The van der Waals surface area contributed by atoms with Gasteiger partial charge in [0, 0.05) is 23.3 Å². The minimum absolute atomic E-state index is 0.0443. The van der Waals surface area contributed by atoms with Gasteiger partial charge in [-0.25, -0.2) is 0 Å². The lowest BCUT2D eigenvalue weighted by Crippen LogP contribution is -2.55. The van der Waals surface area contributed by atoms with Crippen molar-refractivity contribution in [2.45, 2.75) is 85.6 Å². The summed E-state index contributed by atoms with van der Waals surface area (Å²) >= 11 is 0. The Kier molecular flexibility index (Phi) is 3.35. The third-order valence-corrected chi connectivity index (χ3v) is 10.8. The predicted octanol–water partition coefficient (Wildman–Crippen LogP) is 5.44. The molecule has 0 saturated heterocycles. The van der Waals surface area contributed by atoms with Crippen LogP contribution in [0.1, 0.15) is 79.6 Å².